The number of carbonyl (C=O) groups excluding carboxylic acids is 1. The number of ether oxygens (including phenoxy) is 3. The van der Waals surface area contributed by atoms with Crippen LogP contribution in [0.3, 0.4) is 0 Å². The van der Waals surface area contributed by atoms with E-state index >= 15 is 0 Å². The minimum atomic E-state index is -0.797. The van der Waals surface area contributed by atoms with Crippen molar-refractivity contribution in [3.63, 3.8) is 0 Å². The van der Waals surface area contributed by atoms with Crippen molar-refractivity contribution in [2.24, 2.45) is 4.99 Å². The van der Waals surface area contributed by atoms with E-state index in [1.807, 2.05) is 0 Å². The fourth-order valence-electron chi connectivity index (χ4n) is 4.53. The van der Waals surface area contributed by atoms with Crippen molar-refractivity contribution in [1.29, 1.82) is 0 Å². The summed E-state index contributed by atoms with van der Waals surface area (Å²) in [6.07, 6.45) is 1.64. The number of halogens is 2. The van der Waals surface area contributed by atoms with E-state index in [0.717, 1.165) is 0 Å². The lowest BCUT2D eigenvalue weighted by molar-refractivity contribution is -0.139. The van der Waals surface area contributed by atoms with Crippen LogP contribution in [0.4, 0.5) is 0 Å². The maximum Gasteiger partial charge on any atom is 0.338 e. The molecule has 1 aliphatic heterocycles. The van der Waals surface area contributed by atoms with Gasteiger partial charge in [0.2, 0.25) is 0 Å². The summed E-state index contributed by atoms with van der Waals surface area (Å²) < 4.78 is 24.1. The number of methoxy groups -OCH3 is 2. The van der Waals surface area contributed by atoms with Crippen LogP contribution in [0.1, 0.15) is 31.2 Å². The van der Waals surface area contributed by atoms with Crippen molar-refractivity contribution in [1.82, 2.24) is 4.57 Å². The second-order valence-corrected chi connectivity index (χ2v) is 10.5. The number of nitrogens with zero attached hydrogens (tertiary/aromatic N) is 2. The molecule has 0 fully saturated rings. The SMILES string of the molecule is CCOC(=O)C1=C(C)N=c2sc(=Cc3ccc(-c4cccc(Cl)c4Cl)o3)c(=O)n2C1c1ccc(OC)c(OC)c1. The molecule has 0 N–H and O–H groups in total. The van der Waals surface area contributed by atoms with E-state index in [0.29, 0.717) is 59.2 Å². The van der Waals surface area contributed by atoms with Gasteiger partial charge in [0.05, 0.1) is 52.7 Å². The van der Waals surface area contributed by atoms with Gasteiger partial charge in [0.15, 0.2) is 16.3 Å². The standard InChI is InChI=1S/C29H24Cl2N2O6S/c1-5-38-28(35)24-15(2)32-29-33(26(24)16-9-11-21(36-3)22(13-16)37-4)27(34)23(40-29)14-17-10-12-20(39-17)18-7-6-8-19(30)25(18)31/h6-14,26H,5H2,1-4H3. The van der Waals surface area contributed by atoms with Crippen LogP contribution in [-0.2, 0) is 9.53 Å². The number of carbonyl (C=O) groups is 1. The van der Waals surface area contributed by atoms with E-state index in [2.05, 4.69) is 4.99 Å². The Bertz CT molecular complexity index is 1840. The van der Waals surface area contributed by atoms with Crippen molar-refractivity contribution in [2.45, 2.75) is 19.9 Å². The topological polar surface area (TPSA) is 92.3 Å². The molecule has 1 atom stereocenters. The third-order valence-corrected chi connectivity index (χ3v) is 8.16. The van der Waals surface area contributed by atoms with E-state index in [-0.39, 0.29) is 17.7 Å². The highest BCUT2D eigenvalue weighted by molar-refractivity contribution is 7.07. The van der Waals surface area contributed by atoms with Gasteiger partial charge in [0, 0.05) is 11.6 Å². The summed E-state index contributed by atoms with van der Waals surface area (Å²) in [5, 5.41) is 0.787. The van der Waals surface area contributed by atoms with Gasteiger partial charge in [-0.25, -0.2) is 9.79 Å². The van der Waals surface area contributed by atoms with Gasteiger partial charge < -0.3 is 18.6 Å². The highest BCUT2D eigenvalue weighted by Crippen LogP contribution is 2.36. The molecule has 2 aromatic carbocycles. The summed E-state index contributed by atoms with van der Waals surface area (Å²) in [5.41, 5.74) is 1.67. The molecule has 1 unspecified atom stereocenters. The lowest BCUT2D eigenvalue weighted by Gasteiger charge is -2.25. The molecular weight excluding hydrogens is 575 g/mol. The maximum atomic E-state index is 13.9. The van der Waals surface area contributed by atoms with Crippen LogP contribution in [-0.4, -0.2) is 31.4 Å². The Morgan fingerprint density at radius 2 is 1.90 bits per heavy atom. The summed E-state index contributed by atoms with van der Waals surface area (Å²) in [7, 11) is 3.06. The zero-order valence-corrected chi connectivity index (χ0v) is 24.3. The quantitative estimate of drug-likeness (QED) is 0.265. The van der Waals surface area contributed by atoms with Crippen LogP contribution in [0, 0.1) is 0 Å². The van der Waals surface area contributed by atoms with Crippen LogP contribution < -0.4 is 24.4 Å². The molecule has 3 heterocycles. The number of esters is 1. The summed E-state index contributed by atoms with van der Waals surface area (Å²) in [5.74, 6) is 1.38. The summed E-state index contributed by atoms with van der Waals surface area (Å²) in [4.78, 5) is 32.0. The van der Waals surface area contributed by atoms with Gasteiger partial charge in [-0.1, -0.05) is 46.7 Å². The number of furan rings is 1. The molecule has 11 heteroatoms. The van der Waals surface area contributed by atoms with Crippen molar-refractivity contribution >= 4 is 46.6 Å². The van der Waals surface area contributed by atoms with Crippen LogP contribution in [0.25, 0.3) is 17.4 Å². The second kappa shape index (κ2) is 11.4. The molecule has 0 bridgehead atoms. The Kier molecular flexibility index (Phi) is 7.89. The third-order valence-electron chi connectivity index (χ3n) is 6.36. The van der Waals surface area contributed by atoms with Gasteiger partial charge in [0.1, 0.15) is 11.5 Å². The Labute approximate surface area is 243 Å². The van der Waals surface area contributed by atoms with Gasteiger partial charge in [-0.3, -0.25) is 9.36 Å². The molecule has 4 aromatic rings. The molecule has 40 heavy (non-hydrogen) atoms. The van der Waals surface area contributed by atoms with Crippen molar-refractivity contribution in [2.75, 3.05) is 20.8 Å². The molecule has 5 rings (SSSR count). The van der Waals surface area contributed by atoms with Gasteiger partial charge >= 0.3 is 5.97 Å². The number of rotatable bonds is 7. The smallest absolute Gasteiger partial charge is 0.338 e. The normalized spacial score (nSPS) is 15.1. The molecule has 0 radical (unpaired) electrons. The zero-order valence-electron chi connectivity index (χ0n) is 22.0. The predicted molar refractivity (Wildman–Crippen MR) is 154 cm³/mol. The van der Waals surface area contributed by atoms with Crippen LogP contribution in [0.2, 0.25) is 10.0 Å². The maximum absolute atomic E-state index is 13.9. The molecular formula is C29H24Cl2N2O6S. The van der Waals surface area contributed by atoms with Gasteiger partial charge in [0.25, 0.3) is 5.56 Å². The van der Waals surface area contributed by atoms with Crippen molar-refractivity contribution in [3.8, 4) is 22.8 Å². The number of benzene rings is 2. The van der Waals surface area contributed by atoms with Crippen LogP contribution in [0.5, 0.6) is 11.5 Å². The molecule has 0 amide bonds. The minimum absolute atomic E-state index is 0.177. The van der Waals surface area contributed by atoms with Crippen molar-refractivity contribution < 1.29 is 23.4 Å². The van der Waals surface area contributed by atoms with Gasteiger partial charge in [-0.05, 0) is 55.8 Å². The van der Waals surface area contributed by atoms with Crippen LogP contribution >= 0.6 is 34.5 Å². The Morgan fingerprint density at radius 3 is 2.62 bits per heavy atom. The number of aromatic nitrogens is 1. The highest BCUT2D eigenvalue weighted by Gasteiger charge is 2.34. The lowest BCUT2D eigenvalue weighted by Crippen LogP contribution is -2.39. The average Bonchev–Trinajstić information content (AvgIpc) is 3.53. The molecule has 0 spiro atoms. The monoisotopic (exact) mass is 598 g/mol. The number of allylic oxidation sites excluding steroid dienone is 1. The molecule has 0 aliphatic carbocycles. The predicted octanol–water partition coefficient (Wildman–Crippen LogP) is 5.38. The number of thiazole rings is 1. The van der Waals surface area contributed by atoms with E-state index in [4.69, 9.17) is 41.8 Å². The summed E-state index contributed by atoms with van der Waals surface area (Å²) >= 11 is 13.7. The zero-order chi connectivity index (χ0) is 28.6. The van der Waals surface area contributed by atoms with Gasteiger partial charge in [-0.2, -0.15) is 0 Å². The van der Waals surface area contributed by atoms with Crippen LogP contribution in [0.15, 0.2) is 74.0 Å². The Morgan fingerprint density at radius 1 is 1.12 bits per heavy atom. The molecule has 2 aromatic heterocycles. The third kappa shape index (κ3) is 4.96. The molecule has 8 nitrogen and oxygen atoms in total. The fraction of sp³-hybridized carbons (Fsp3) is 0.207. The van der Waals surface area contributed by atoms with E-state index in [1.54, 1.807) is 68.5 Å². The van der Waals surface area contributed by atoms with E-state index in [1.165, 1.54) is 30.1 Å². The number of fused-ring (bicyclic) bond motifs is 1. The Hall–Kier alpha value is -3.79. The molecule has 0 saturated carbocycles. The number of hydrogen-bond acceptors (Lipinski definition) is 8. The molecule has 206 valence electrons. The first-order chi connectivity index (χ1) is 19.3. The minimum Gasteiger partial charge on any atom is -0.493 e. The summed E-state index contributed by atoms with van der Waals surface area (Å²) in [6.45, 7) is 3.63. The first kappa shape index (κ1) is 27.8. The second-order valence-electron chi connectivity index (χ2n) is 8.72. The first-order valence-corrected chi connectivity index (χ1v) is 13.8. The number of hydrogen-bond donors (Lipinski definition) is 0. The first-order valence-electron chi connectivity index (χ1n) is 12.2. The molecule has 1 aliphatic rings. The molecule has 0 saturated heterocycles. The van der Waals surface area contributed by atoms with E-state index < -0.39 is 12.0 Å². The lowest BCUT2D eigenvalue weighted by atomic mass is 9.95. The Balaban J connectivity index is 1.66. The summed E-state index contributed by atoms with van der Waals surface area (Å²) in [6, 6.07) is 13.2. The fourth-order valence-corrected chi connectivity index (χ4v) is 5.95. The average molecular weight is 599 g/mol. The largest absolute Gasteiger partial charge is 0.493 e. The highest BCUT2D eigenvalue weighted by atomic mass is 35.5. The van der Waals surface area contributed by atoms with Crippen molar-refractivity contribution in [3.05, 3.63) is 101 Å². The van der Waals surface area contributed by atoms with Gasteiger partial charge in [-0.15, -0.1) is 0 Å². The van der Waals surface area contributed by atoms with E-state index in [9.17, 15) is 9.59 Å².